The molecule has 3 aliphatic rings. The van der Waals surface area contributed by atoms with Crippen molar-refractivity contribution < 1.29 is 19.0 Å². The number of aromatic nitrogens is 3. The third-order valence-electron chi connectivity index (χ3n) is 5.79. The minimum absolute atomic E-state index is 0.0988. The molecule has 0 unspecified atom stereocenters. The van der Waals surface area contributed by atoms with E-state index in [-0.39, 0.29) is 24.1 Å². The van der Waals surface area contributed by atoms with E-state index in [4.69, 9.17) is 14.2 Å². The maximum Gasteiger partial charge on any atom is 0.237 e. The zero-order valence-electron chi connectivity index (χ0n) is 17.6. The van der Waals surface area contributed by atoms with Gasteiger partial charge in [-0.15, -0.1) is 10.2 Å². The van der Waals surface area contributed by atoms with Gasteiger partial charge < -0.3 is 24.4 Å². The predicted octanol–water partition coefficient (Wildman–Crippen LogP) is 2.91. The molecule has 2 saturated heterocycles. The molecule has 2 aromatic rings. The highest BCUT2D eigenvalue weighted by Gasteiger charge is 2.27. The van der Waals surface area contributed by atoms with E-state index in [9.17, 15) is 4.79 Å². The number of nitrogens with zero attached hydrogens (tertiary/aromatic N) is 4. The first-order valence-electron chi connectivity index (χ1n) is 10.8. The van der Waals surface area contributed by atoms with Crippen molar-refractivity contribution in [3.05, 3.63) is 18.2 Å². The Labute approximate surface area is 185 Å². The van der Waals surface area contributed by atoms with Crippen LogP contribution in [-0.2, 0) is 16.1 Å². The first-order chi connectivity index (χ1) is 15.2. The number of nitrogens with one attached hydrogen (secondary N) is 1. The largest absolute Gasteiger partial charge is 0.454 e. The van der Waals surface area contributed by atoms with Crippen LogP contribution in [-0.4, -0.2) is 58.5 Å². The van der Waals surface area contributed by atoms with Crippen LogP contribution in [0.1, 0.15) is 32.6 Å². The quantitative estimate of drug-likeness (QED) is 0.651. The number of rotatable bonds is 7. The summed E-state index contributed by atoms with van der Waals surface area (Å²) in [5.74, 6) is 2.12. The van der Waals surface area contributed by atoms with Gasteiger partial charge in [0.15, 0.2) is 16.7 Å². The van der Waals surface area contributed by atoms with Gasteiger partial charge in [-0.3, -0.25) is 9.36 Å². The van der Waals surface area contributed by atoms with Gasteiger partial charge in [-0.2, -0.15) is 0 Å². The summed E-state index contributed by atoms with van der Waals surface area (Å²) < 4.78 is 18.7. The lowest BCUT2D eigenvalue weighted by Crippen LogP contribution is -2.26. The lowest BCUT2D eigenvalue weighted by Gasteiger charge is -2.21. The highest BCUT2D eigenvalue weighted by atomic mass is 32.2. The standard InChI is InChI=1S/C21H27N5O4S/c1-14(19(27)22-15-6-7-17-18(11-15)30-13-29-17)31-21-24-23-20(25-8-2-3-9-25)26(21)12-16-5-4-10-28-16/h6-7,11,14,16H,2-5,8-10,12-13H2,1H3,(H,22,27)/t14-,16+/m1/s1. The highest BCUT2D eigenvalue weighted by Crippen LogP contribution is 2.35. The van der Waals surface area contributed by atoms with Gasteiger partial charge >= 0.3 is 0 Å². The van der Waals surface area contributed by atoms with E-state index in [0.29, 0.717) is 17.2 Å². The summed E-state index contributed by atoms with van der Waals surface area (Å²) in [6, 6.07) is 5.40. The molecule has 5 rings (SSSR count). The van der Waals surface area contributed by atoms with E-state index in [2.05, 4.69) is 25.0 Å². The van der Waals surface area contributed by atoms with Crippen molar-refractivity contribution in [1.29, 1.82) is 0 Å². The van der Waals surface area contributed by atoms with Crippen LogP contribution in [0, 0.1) is 0 Å². The lowest BCUT2D eigenvalue weighted by molar-refractivity contribution is -0.115. The molecular weight excluding hydrogens is 418 g/mol. The number of carbonyl (C=O) groups is 1. The van der Waals surface area contributed by atoms with Crippen LogP contribution in [0.3, 0.4) is 0 Å². The Bertz CT molecular complexity index is 940. The zero-order valence-corrected chi connectivity index (χ0v) is 18.4. The molecule has 0 bridgehead atoms. The summed E-state index contributed by atoms with van der Waals surface area (Å²) >= 11 is 1.43. The number of anilines is 2. The van der Waals surface area contributed by atoms with E-state index in [1.807, 2.05) is 13.0 Å². The van der Waals surface area contributed by atoms with E-state index in [1.165, 1.54) is 24.6 Å². The predicted molar refractivity (Wildman–Crippen MR) is 117 cm³/mol. The fraction of sp³-hybridized carbons (Fsp3) is 0.571. The van der Waals surface area contributed by atoms with Crippen LogP contribution in [0.15, 0.2) is 23.4 Å². The molecule has 4 heterocycles. The van der Waals surface area contributed by atoms with Gasteiger partial charge in [-0.05, 0) is 44.7 Å². The van der Waals surface area contributed by atoms with Gasteiger partial charge in [0.25, 0.3) is 0 Å². The summed E-state index contributed by atoms with van der Waals surface area (Å²) in [7, 11) is 0. The van der Waals surface area contributed by atoms with Crippen molar-refractivity contribution in [2.75, 3.05) is 36.7 Å². The van der Waals surface area contributed by atoms with Crippen molar-refractivity contribution in [3.8, 4) is 11.5 Å². The summed E-state index contributed by atoms with van der Waals surface area (Å²) in [6.07, 6.45) is 4.65. The number of thioether (sulfide) groups is 1. The van der Waals surface area contributed by atoms with Crippen LogP contribution >= 0.6 is 11.8 Å². The SMILES string of the molecule is C[C@@H](Sc1nnc(N2CCCC2)n1C[C@@H]1CCCO1)C(=O)Nc1ccc2c(c1)OCO2. The molecule has 166 valence electrons. The monoisotopic (exact) mass is 445 g/mol. The van der Waals surface area contributed by atoms with E-state index < -0.39 is 0 Å². The van der Waals surface area contributed by atoms with Gasteiger partial charge in [0.05, 0.1) is 17.9 Å². The first-order valence-corrected chi connectivity index (χ1v) is 11.7. The molecular formula is C21H27N5O4S. The number of carbonyl (C=O) groups excluding carboxylic acids is 1. The molecule has 2 fully saturated rings. The Morgan fingerprint density at radius 3 is 2.87 bits per heavy atom. The maximum atomic E-state index is 12.8. The molecule has 1 aromatic carbocycles. The maximum absolute atomic E-state index is 12.8. The van der Waals surface area contributed by atoms with E-state index in [0.717, 1.165) is 50.2 Å². The summed E-state index contributed by atoms with van der Waals surface area (Å²) in [5, 5.41) is 12.3. The van der Waals surface area contributed by atoms with Gasteiger partial charge in [0, 0.05) is 31.5 Å². The molecule has 2 atom stereocenters. The second kappa shape index (κ2) is 8.96. The van der Waals surface area contributed by atoms with Crippen molar-refractivity contribution in [2.45, 2.75) is 55.7 Å². The highest BCUT2D eigenvalue weighted by molar-refractivity contribution is 8.00. The fourth-order valence-electron chi connectivity index (χ4n) is 4.10. The second-order valence-corrected chi connectivity index (χ2v) is 9.35. The number of hydrogen-bond acceptors (Lipinski definition) is 8. The molecule has 10 heteroatoms. The molecule has 9 nitrogen and oxygen atoms in total. The van der Waals surface area contributed by atoms with Gasteiger partial charge in [0.2, 0.25) is 18.6 Å². The number of benzene rings is 1. The average molecular weight is 446 g/mol. The Hall–Kier alpha value is -2.46. The second-order valence-electron chi connectivity index (χ2n) is 8.04. The van der Waals surface area contributed by atoms with Gasteiger partial charge in [-0.1, -0.05) is 11.8 Å². The van der Waals surface area contributed by atoms with Crippen LogP contribution in [0.25, 0.3) is 0 Å². The Morgan fingerprint density at radius 2 is 2.06 bits per heavy atom. The molecule has 0 radical (unpaired) electrons. The normalized spacial score (nSPS) is 20.9. The molecule has 0 aliphatic carbocycles. The summed E-state index contributed by atoms with van der Waals surface area (Å²) in [5.41, 5.74) is 0.681. The molecule has 1 aromatic heterocycles. The smallest absolute Gasteiger partial charge is 0.237 e. The van der Waals surface area contributed by atoms with E-state index >= 15 is 0 Å². The van der Waals surface area contributed by atoms with Crippen molar-refractivity contribution in [1.82, 2.24) is 14.8 Å². The number of amides is 1. The molecule has 1 N–H and O–H groups in total. The summed E-state index contributed by atoms with van der Waals surface area (Å²) in [4.78, 5) is 15.1. The number of hydrogen-bond donors (Lipinski definition) is 1. The Balaban J connectivity index is 1.29. The molecule has 0 spiro atoms. The Morgan fingerprint density at radius 1 is 1.23 bits per heavy atom. The molecule has 1 amide bonds. The molecule has 31 heavy (non-hydrogen) atoms. The minimum Gasteiger partial charge on any atom is -0.454 e. The topological polar surface area (TPSA) is 90.7 Å². The van der Waals surface area contributed by atoms with E-state index in [1.54, 1.807) is 12.1 Å². The van der Waals surface area contributed by atoms with Crippen LogP contribution in [0.5, 0.6) is 11.5 Å². The number of fused-ring (bicyclic) bond motifs is 1. The van der Waals surface area contributed by atoms with Gasteiger partial charge in [-0.25, -0.2) is 0 Å². The van der Waals surface area contributed by atoms with Crippen molar-refractivity contribution in [3.63, 3.8) is 0 Å². The molecule has 3 aliphatic heterocycles. The van der Waals surface area contributed by atoms with Crippen LogP contribution < -0.4 is 19.7 Å². The third-order valence-corrected chi connectivity index (χ3v) is 6.87. The van der Waals surface area contributed by atoms with Crippen LogP contribution in [0.4, 0.5) is 11.6 Å². The fourth-order valence-corrected chi connectivity index (χ4v) is 4.95. The van der Waals surface area contributed by atoms with Crippen molar-refractivity contribution >= 4 is 29.3 Å². The first kappa shape index (κ1) is 20.4. The summed E-state index contributed by atoms with van der Waals surface area (Å²) in [6.45, 7) is 5.61. The van der Waals surface area contributed by atoms with Gasteiger partial charge in [0.1, 0.15) is 0 Å². The van der Waals surface area contributed by atoms with Crippen LogP contribution in [0.2, 0.25) is 0 Å². The number of ether oxygens (including phenoxy) is 3. The lowest BCUT2D eigenvalue weighted by atomic mass is 10.2. The third kappa shape index (κ3) is 4.45. The Kier molecular flexibility index (Phi) is 5.91. The average Bonchev–Trinajstić information content (AvgIpc) is 3.56. The molecule has 0 saturated carbocycles. The zero-order chi connectivity index (χ0) is 21.2. The minimum atomic E-state index is -0.343. The van der Waals surface area contributed by atoms with Crippen molar-refractivity contribution in [2.24, 2.45) is 0 Å².